The van der Waals surface area contributed by atoms with E-state index in [0.717, 1.165) is 45.8 Å². The van der Waals surface area contributed by atoms with E-state index in [4.69, 9.17) is 0 Å². The first-order valence-corrected chi connectivity index (χ1v) is 7.98. The molecular weight excluding hydrogens is 246 g/mol. The third kappa shape index (κ3) is 6.04. The molecule has 1 rings (SSSR count). The molecule has 0 spiro atoms. The molecule has 1 aromatic rings. The van der Waals surface area contributed by atoms with Crippen molar-refractivity contribution < 1.29 is 0 Å². The standard InChI is InChI=1S/C17H31N3/c1-5-18-12-15-9-16(13-19-6-2)11-17(10-15)14-20(7-3)8-4/h9-11,18-19H,5-8,12-14H2,1-4H3. The largest absolute Gasteiger partial charge is 0.313 e. The fourth-order valence-corrected chi connectivity index (χ4v) is 2.38. The summed E-state index contributed by atoms with van der Waals surface area (Å²) < 4.78 is 0. The van der Waals surface area contributed by atoms with E-state index in [9.17, 15) is 0 Å². The van der Waals surface area contributed by atoms with E-state index < -0.39 is 0 Å². The van der Waals surface area contributed by atoms with Crippen LogP contribution in [0.4, 0.5) is 0 Å². The van der Waals surface area contributed by atoms with Crippen LogP contribution in [-0.2, 0) is 19.6 Å². The zero-order valence-corrected chi connectivity index (χ0v) is 13.6. The van der Waals surface area contributed by atoms with Gasteiger partial charge in [0.1, 0.15) is 0 Å². The third-order valence-corrected chi connectivity index (χ3v) is 3.57. The highest BCUT2D eigenvalue weighted by atomic mass is 15.1. The van der Waals surface area contributed by atoms with Crippen molar-refractivity contribution in [2.45, 2.75) is 47.3 Å². The van der Waals surface area contributed by atoms with Crippen LogP contribution in [-0.4, -0.2) is 31.1 Å². The molecule has 0 saturated heterocycles. The molecule has 114 valence electrons. The zero-order valence-electron chi connectivity index (χ0n) is 13.6. The summed E-state index contributed by atoms with van der Waals surface area (Å²) in [7, 11) is 0. The van der Waals surface area contributed by atoms with Crippen molar-refractivity contribution >= 4 is 0 Å². The molecule has 0 aromatic heterocycles. The second kappa shape index (κ2) is 9.92. The van der Waals surface area contributed by atoms with Crippen molar-refractivity contribution in [3.8, 4) is 0 Å². The lowest BCUT2D eigenvalue weighted by Crippen LogP contribution is -2.22. The maximum absolute atomic E-state index is 3.42. The van der Waals surface area contributed by atoms with E-state index in [2.05, 4.69) is 61.4 Å². The Labute approximate surface area is 124 Å². The van der Waals surface area contributed by atoms with Crippen LogP contribution in [0.2, 0.25) is 0 Å². The van der Waals surface area contributed by atoms with Gasteiger partial charge in [0.2, 0.25) is 0 Å². The Morgan fingerprint density at radius 1 is 0.750 bits per heavy atom. The van der Waals surface area contributed by atoms with Crippen LogP contribution >= 0.6 is 0 Å². The summed E-state index contributed by atoms with van der Waals surface area (Å²) in [6, 6.07) is 7.00. The van der Waals surface area contributed by atoms with Gasteiger partial charge in [-0.25, -0.2) is 0 Å². The molecule has 0 bridgehead atoms. The molecule has 0 aliphatic heterocycles. The normalized spacial score (nSPS) is 11.2. The minimum atomic E-state index is 0.960. The fourth-order valence-electron chi connectivity index (χ4n) is 2.38. The first-order valence-electron chi connectivity index (χ1n) is 7.98. The SMILES string of the molecule is CCNCc1cc(CNCC)cc(CN(CC)CC)c1. The summed E-state index contributed by atoms with van der Waals surface area (Å²) in [6.07, 6.45) is 0. The Bertz CT molecular complexity index is 346. The van der Waals surface area contributed by atoms with Crippen LogP contribution in [0.25, 0.3) is 0 Å². The van der Waals surface area contributed by atoms with E-state index in [-0.39, 0.29) is 0 Å². The van der Waals surface area contributed by atoms with Gasteiger partial charge in [0, 0.05) is 19.6 Å². The van der Waals surface area contributed by atoms with Gasteiger partial charge in [0.15, 0.2) is 0 Å². The minimum Gasteiger partial charge on any atom is -0.313 e. The second-order valence-electron chi connectivity index (χ2n) is 5.18. The Hall–Kier alpha value is -0.900. The summed E-state index contributed by atoms with van der Waals surface area (Å²) in [5, 5.41) is 6.84. The van der Waals surface area contributed by atoms with Crippen LogP contribution in [0.1, 0.15) is 44.4 Å². The lowest BCUT2D eigenvalue weighted by molar-refractivity contribution is 0.295. The van der Waals surface area contributed by atoms with Crippen molar-refractivity contribution in [2.75, 3.05) is 26.2 Å². The predicted molar refractivity (Wildman–Crippen MR) is 87.8 cm³/mol. The van der Waals surface area contributed by atoms with Gasteiger partial charge in [-0.15, -0.1) is 0 Å². The molecule has 0 unspecified atom stereocenters. The van der Waals surface area contributed by atoms with E-state index in [1.165, 1.54) is 16.7 Å². The monoisotopic (exact) mass is 277 g/mol. The van der Waals surface area contributed by atoms with Gasteiger partial charge >= 0.3 is 0 Å². The van der Waals surface area contributed by atoms with Crippen molar-refractivity contribution in [3.63, 3.8) is 0 Å². The van der Waals surface area contributed by atoms with Crippen molar-refractivity contribution in [1.82, 2.24) is 15.5 Å². The van der Waals surface area contributed by atoms with E-state index in [1.54, 1.807) is 0 Å². The molecular formula is C17H31N3. The van der Waals surface area contributed by atoms with E-state index in [0.29, 0.717) is 0 Å². The first-order chi connectivity index (χ1) is 9.73. The highest BCUT2D eigenvalue weighted by molar-refractivity contribution is 5.30. The van der Waals surface area contributed by atoms with Crippen LogP contribution in [0.15, 0.2) is 18.2 Å². The third-order valence-electron chi connectivity index (χ3n) is 3.57. The summed E-state index contributed by atoms with van der Waals surface area (Å²) >= 11 is 0. The summed E-state index contributed by atoms with van der Waals surface area (Å²) in [6.45, 7) is 16.0. The molecule has 0 radical (unpaired) electrons. The van der Waals surface area contributed by atoms with Gasteiger partial charge in [-0.05, 0) is 42.9 Å². The van der Waals surface area contributed by atoms with Gasteiger partial charge in [0.25, 0.3) is 0 Å². The maximum Gasteiger partial charge on any atom is 0.0233 e. The highest BCUT2D eigenvalue weighted by Crippen LogP contribution is 2.13. The molecule has 0 saturated carbocycles. The maximum atomic E-state index is 3.42. The van der Waals surface area contributed by atoms with Gasteiger partial charge in [-0.2, -0.15) is 0 Å². The topological polar surface area (TPSA) is 27.3 Å². The van der Waals surface area contributed by atoms with Crippen LogP contribution < -0.4 is 10.6 Å². The smallest absolute Gasteiger partial charge is 0.0233 e. The molecule has 0 heterocycles. The lowest BCUT2D eigenvalue weighted by Gasteiger charge is -2.19. The van der Waals surface area contributed by atoms with Crippen molar-refractivity contribution in [1.29, 1.82) is 0 Å². The van der Waals surface area contributed by atoms with E-state index >= 15 is 0 Å². The fraction of sp³-hybridized carbons (Fsp3) is 0.647. The molecule has 0 aliphatic rings. The second-order valence-corrected chi connectivity index (χ2v) is 5.18. The lowest BCUT2D eigenvalue weighted by atomic mass is 10.0. The number of benzene rings is 1. The van der Waals surface area contributed by atoms with Crippen LogP contribution in [0.5, 0.6) is 0 Å². The first kappa shape index (κ1) is 17.2. The number of hydrogen-bond acceptors (Lipinski definition) is 3. The molecule has 20 heavy (non-hydrogen) atoms. The Morgan fingerprint density at radius 3 is 1.60 bits per heavy atom. The highest BCUT2D eigenvalue weighted by Gasteiger charge is 2.05. The summed E-state index contributed by atoms with van der Waals surface area (Å²) in [5.74, 6) is 0. The predicted octanol–water partition coefficient (Wildman–Crippen LogP) is 2.75. The molecule has 0 atom stereocenters. The number of nitrogens with zero attached hydrogens (tertiary/aromatic N) is 1. The average molecular weight is 277 g/mol. The molecule has 2 N–H and O–H groups in total. The summed E-state index contributed by atoms with van der Waals surface area (Å²) in [5.41, 5.74) is 4.21. The van der Waals surface area contributed by atoms with Crippen LogP contribution in [0, 0.1) is 0 Å². The number of nitrogens with one attached hydrogen (secondary N) is 2. The molecule has 0 aliphatic carbocycles. The minimum absolute atomic E-state index is 0.960. The molecule has 1 aromatic carbocycles. The van der Waals surface area contributed by atoms with Crippen molar-refractivity contribution in [3.05, 3.63) is 34.9 Å². The van der Waals surface area contributed by atoms with Gasteiger partial charge in [0.05, 0.1) is 0 Å². The summed E-state index contributed by atoms with van der Waals surface area (Å²) in [4.78, 5) is 2.46. The Balaban J connectivity index is 2.84. The van der Waals surface area contributed by atoms with Gasteiger partial charge in [-0.3, -0.25) is 4.90 Å². The molecule has 3 nitrogen and oxygen atoms in total. The van der Waals surface area contributed by atoms with Crippen molar-refractivity contribution in [2.24, 2.45) is 0 Å². The van der Waals surface area contributed by atoms with Crippen LogP contribution in [0.3, 0.4) is 0 Å². The molecule has 0 fully saturated rings. The van der Waals surface area contributed by atoms with Gasteiger partial charge in [-0.1, -0.05) is 45.9 Å². The van der Waals surface area contributed by atoms with Gasteiger partial charge < -0.3 is 10.6 Å². The Kier molecular flexibility index (Phi) is 8.51. The molecule has 0 amide bonds. The number of rotatable bonds is 10. The molecule has 3 heteroatoms. The quantitative estimate of drug-likeness (QED) is 0.688. The number of hydrogen-bond donors (Lipinski definition) is 2. The zero-order chi connectivity index (χ0) is 14.8. The van der Waals surface area contributed by atoms with E-state index in [1.807, 2.05) is 0 Å². The average Bonchev–Trinajstić information content (AvgIpc) is 2.48. The Morgan fingerprint density at radius 2 is 1.20 bits per heavy atom.